The third-order valence-corrected chi connectivity index (χ3v) is 3.28. The van der Waals surface area contributed by atoms with Gasteiger partial charge >= 0.3 is 5.97 Å². The van der Waals surface area contributed by atoms with Gasteiger partial charge in [0.15, 0.2) is 5.16 Å². The number of halogens is 1. The monoisotopic (exact) mass is 282 g/mol. The number of carboxylic acid groups (broad SMARTS) is 1. The van der Waals surface area contributed by atoms with Crippen LogP contribution < -0.4 is 4.74 Å². The number of hydrogen-bond acceptors (Lipinski definition) is 4. The molecule has 0 unspecified atom stereocenters. The van der Waals surface area contributed by atoms with Gasteiger partial charge in [-0.3, -0.25) is 9.36 Å². The minimum absolute atomic E-state index is 0.0967. The Morgan fingerprint density at radius 1 is 1.58 bits per heavy atom. The fraction of sp³-hybridized carbons (Fsp3) is 0.167. The highest BCUT2D eigenvalue weighted by atomic mass is 32.2. The van der Waals surface area contributed by atoms with Crippen molar-refractivity contribution < 1.29 is 19.0 Å². The van der Waals surface area contributed by atoms with Crippen molar-refractivity contribution in [3.05, 3.63) is 36.4 Å². The third-order valence-electron chi connectivity index (χ3n) is 2.33. The zero-order chi connectivity index (χ0) is 13.8. The molecule has 1 aromatic heterocycles. The molecule has 7 heteroatoms. The van der Waals surface area contributed by atoms with Crippen LogP contribution in [0.3, 0.4) is 0 Å². The molecular formula is C12H11FN2O3S. The van der Waals surface area contributed by atoms with Gasteiger partial charge in [-0.05, 0) is 12.1 Å². The van der Waals surface area contributed by atoms with E-state index in [0.717, 1.165) is 11.8 Å². The van der Waals surface area contributed by atoms with Crippen molar-refractivity contribution in [1.29, 1.82) is 0 Å². The lowest BCUT2D eigenvalue weighted by molar-refractivity contribution is -0.133. The first-order chi connectivity index (χ1) is 9.11. The van der Waals surface area contributed by atoms with Crippen molar-refractivity contribution in [1.82, 2.24) is 9.55 Å². The predicted molar refractivity (Wildman–Crippen MR) is 68.4 cm³/mol. The van der Waals surface area contributed by atoms with Crippen LogP contribution in [-0.4, -0.2) is 33.5 Å². The number of thioether (sulfide) groups is 1. The average Bonchev–Trinajstić information content (AvgIpc) is 2.84. The van der Waals surface area contributed by atoms with E-state index in [1.165, 1.54) is 19.2 Å². The molecular weight excluding hydrogens is 271 g/mol. The van der Waals surface area contributed by atoms with Gasteiger partial charge in [-0.25, -0.2) is 9.37 Å². The first-order valence-electron chi connectivity index (χ1n) is 5.33. The Hall–Kier alpha value is -2.02. The molecule has 0 radical (unpaired) electrons. The second-order valence-electron chi connectivity index (χ2n) is 3.58. The number of aliphatic carboxylic acids is 1. The number of hydrogen-bond donors (Lipinski definition) is 1. The zero-order valence-corrected chi connectivity index (χ0v) is 10.9. The number of aromatic nitrogens is 2. The van der Waals surface area contributed by atoms with Crippen LogP contribution in [-0.2, 0) is 4.79 Å². The van der Waals surface area contributed by atoms with E-state index in [0.29, 0.717) is 16.6 Å². The molecule has 0 aliphatic carbocycles. The summed E-state index contributed by atoms with van der Waals surface area (Å²) in [5, 5.41) is 9.19. The second-order valence-corrected chi connectivity index (χ2v) is 4.52. The third kappa shape index (κ3) is 3.05. The van der Waals surface area contributed by atoms with Crippen molar-refractivity contribution in [2.75, 3.05) is 12.9 Å². The van der Waals surface area contributed by atoms with Crippen LogP contribution in [0, 0.1) is 5.82 Å². The standard InChI is InChI=1S/C12H11FN2O3S/c1-18-10-6-8(13)2-3-9(10)15-5-4-14-12(15)19-7-11(16)17/h2-6H,7H2,1H3,(H,16,17). The predicted octanol–water partition coefficient (Wildman–Crippen LogP) is 2.20. The maximum absolute atomic E-state index is 13.1. The largest absolute Gasteiger partial charge is 0.494 e. The Balaban J connectivity index is 2.36. The highest BCUT2D eigenvalue weighted by Crippen LogP contribution is 2.28. The highest BCUT2D eigenvalue weighted by molar-refractivity contribution is 7.99. The van der Waals surface area contributed by atoms with Gasteiger partial charge in [-0.1, -0.05) is 11.8 Å². The molecule has 0 bridgehead atoms. The van der Waals surface area contributed by atoms with Crippen LogP contribution in [0.4, 0.5) is 4.39 Å². The first-order valence-corrected chi connectivity index (χ1v) is 6.32. The van der Waals surface area contributed by atoms with E-state index in [2.05, 4.69) is 4.98 Å². The van der Waals surface area contributed by atoms with Gasteiger partial charge in [0.1, 0.15) is 11.6 Å². The Kier molecular flexibility index (Phi) is 4.06. The SMILES string of the molecule is COc1cc(F)ccc1-n1ccnc1SCC(=O)O. The topological polar surface area (TPSA) is 64.4 Å². The molecule has 0 aliphatic rings. The molecule has 2 aromatic rings. The van der Waals surface area contributed by atoms with Crippen LogP contribution in [0.1, 0.15) is 0 Å². The Labute approximate surface area is 113 Å². The van der Waals surface area contributed by atoms with Gasteiger partial charge in [-0.15, -0.1) is 0 Å². The van der Waals surface area contributed by atoms with Gasteiger partial charge in [0, 0.05) is 18.5 Å². The molecule has 0 saturated carbocycles. The fourth-order valence-corrected chi connectivity index (χ4v) is 2.24. The zero-order valence-electron chi connectivity index (χ0n) is 10.0. The molecule has 19 heavy (non-hydrogen) atoms. The molecule has 0 amide bonds. The Morgan fingerprint density at radius 3 is 3.05 bits per heavy atom. The van der Waals surface area contributed by atoms with Gasteiger partial charge in [0.05, 0.1) is 18.6 Å². The molecule has 0 atom stereocenters. The van der Waals surface area contributed by atoms with E-state index in [1.54, 1.807) is 23.0 Å². The minimum Gasteiger partial charge on any atom is -0.494 e. The molecule has 0 spiro atoms. The number of benzene rings is 1. The number of imidazole rings is 1. The average molecular weight is 282 g/mol. The molecule has 1 aromatic carbocycles. The molecule has 0 fully saturated rings. The Morgan fingerprint density at radius 2 is 2.37 bits per heavy atom. The molecule has 0 aliphatic heterocycles. The summed E-state index contributed by atoms with van der Waals surface area (Å²) in [5.74, 6) is -1.07. The van der Waals surface area contributed by atoms with Gasteiger partial charge in [-0.2, -0.15) is 0 Å². The van der Waals surface area contributed by atoms with E-state index in [9.17, 15) is 9.18 Å². The van der Waals surface area contributed by atoms with Crippen LogP contribution >= 0.6 is 11.8 Å². The van der Waals surface area contributed by atoms with Gasteiger partial charge < -0.3 is 9.84 Å². The summed E-state index contributed by atoms with van der Waals surface area (Å²) in [4.78, 5) is 14.7. The summed E-state index contributed by atoms with van der Waals surface area (Å²) in [6, 6.07) is 4.13. The van der Waals surface area contributed by atoms with Crippen molar-refractivity contribution >= 4 is 17.7 Å². The normalized spacial score (nSPS) is 10.4. The lowest BCUT2D eigenvalue weighted by atomic mass is 10.3. The fourth-order valence-electron chi connectivity index (χ4n) is 1.56. The molecule has 0 saturated heterocycles. The van der Waals surface area contributed by atoms with Crippen molar-refractivity contribution in [2.45, 2.75) is 5.16 Å². The summed E-state index contributed by atoms with van der Waals surface area (Å²) in [7, 11) is 1.44. The number of ether oxygens (including phenoxy) is 1. The van der Waals surface area contributed by atoms with E-state index >= 15 is 0 Å². The summed E-state index contributed by atoms with van der Waals surface area (Å²) >= 11 is 1.08. The van der Waals surface area contributed by atoms with Crippen molar-refractivity contribution in [2.24, 2.45) is 0 Å². The van der Waals surface area contributed by atoms with Crippen LogP contribution in [0.5, 0.6) is 5.75 Å². The number of carbonyl (C=O) groups is 1. The molecule has 1 N–H and O–H groups in total. The van der Waals surface area contributed by atoms with E-state index in [4.69, 9.17) is 9.84 Å². The molecule has 100 valence electrons. The van der Waals surface area contributed by atoms with Crippen LogP contribution in [0.2, 0.25) is 0 Å². The van der Waals surface area contributed by atoms with Gasteiger partial charge in [0.2, 0.25) is 0 Å². The van der Waals surface area contributed by atoms with Crippen molar-refractivity contribution in [3.8, 4) is 11.4 Å². The van der Waals surface area contributed by atoms with Crippen LogP contribution in [0.25, 0.3) is 5.69 Å². The lowest BCUT2D eigenvalue weighted by Gasteiger charge is -2.11. The smallest absolute Gasteiger partial charge is 0.313 e. The quantitative estimate of drug-likeness (QED) is 0.852. The molecule has 2 rings (SSSR count). The number of rotatable bonds is 5. The summed E-state index contributed by atoms with van der Waals surface area (Å²) in [6.07, 6.45) is 3.22. The first kappa shape index (κ1) is 13.4. The minimum atomic E-state index is -0.925. The number of nitrogens with zero attached hydrogens (tertiary/aromatic N) is 2. The summed E-state index contributed by atoms with van der Waals surface area (Å²) in [6.45, 7) is 0. The number of methoxy groups -OCH3 is 1. The van der Waals surface area contributed by atoms with Crippen LogP contribution in [0.15, 0.2) is 35.7 Å². The van der Waals surface area contributed by atoms with E-state index in [1.807, 2.05) is 0 Å². The maximum Gasteiger partial charge on any atom is 0.313 e. The Bertz CT molecular complexity index is 600. The second kappa shape index (κ2) is 5.75. The van der Waals surface area contributed by atoms with Crippen molar-refractivity contribution in [3.63, 3.8) is 0 Å². The van der Waals surface area contributed by atoms with E-state index in [-0.39, 0.29) is 5.75 Å². The number of carboxylic acids is 1. The van der Waals surface area contributed by atoms with Gasteiger partial charge in [0.25, 0.3) is 0 Å². The van der Waals surface area contributed by atoms with E-state index < -0.39 is 11.8 Å². The molecule has 1 heterocycles. The summed E-state index contributed by atoms with van der Waals surface area (Å²) < 4.78 is 19.9. The highest BCUT2D eigenvalue weighted by Gasteiger charge is 2.12. The lowest BCUT2D eigenvalue weighted by Crippen LogP contribution is -2.02. The summed E-state index contributed by atoms with van der Waals surface area (Å²) in [5.41, 5.74) is 0.606. The maximum atomic E-state index is 13.1. The molecule has 5 nitrogen and oxygen atoms in total.